The number of fused-ring (bicyclic) bond motifs is 1. The lowest BCUT2D eigenvalue weighted by atomic mass is 10.0. The summed E-state index contributed by atoms with van der Waals surface area (Å²) in [6.45, 7) is 2.91. The molecule has 0 N–H and O–H groups in total. The topological polar surface area (TPSA) is 31.4 Å². The fourth-order valence-electron chi connectivity index (χ4n) is 1.95. The van der Waals surface area contributed by atoms with Crippen molar-refractivity contribution in [2.75, 3.05) is 6.61 Å². The number of hydrogen-bond donors (Lipinski definition) is 0. The van der Waals surface area contributed by atoms with Crippen molar-refractivity contribution >= 4 is 0 Å². The molecule has 0 unspecified atom stereocenters. The molecule has 0 saturated heterocycles. The summed E-state index contributed by atoms with van der Waals surface area (Å²) in [6, 6.07) is 9.63. The molecule has 0 bridgehead atoms. The molecule has 3 nitrogen and oxygen atoms in total. The highest BCUT2D eigenvalue weighted by atomic mass is 16.5. The predicted molar refractivity (Wildman–Crippen MR) is 64.7 cm³/mol. The number of ether oxygens (including phenoxy) is 2. The monoisotopic (exact) mass is 227 g/mol. The Morgan fingerprint density at radius 1 is 1.18 bits per heavy atom. The van der Waals surface area contributed by atoms with E-state index in [4.69, 9.17) is 9.47 Å². The molecule has 2 heterocycles. The third-order valence-corrected chi connectivity index (χ3v) is 2.89. The van der Waals surface area contributed by atoms with Gasteiger partial charge < -0.3 is 9.47 Å². The first-order valence-electron chi connectivity index (χ1n) is 5.67. The molecule has 1 aliphatic heterocycles. The predicted octanol–water partition coefficient (Wildman–Crippen LogP) is 3.37. The van der Waals surface area contributed by atoms with Gasteiger partial charge in [-0.1, -0.05) is 6.92 Å². The quantitative estimate of drug-likeness (QED) is 0.788. The minimum Gasteiger partial charge on any atom is -0.493 e. The third-order valence-electron chi connectivity index (χ3n) is 2.89. The minimum atomic E-state index is 0.436. The normalized spacial score (nSPS) is 17.4. The van der Waals surface area contributed by atoms with Crippen molar-refractivity contribution in [3.8, 4) is 17.2 Å². The van der Waals surface area contributed by atoms with E-state index in [0.29, 0.717) is 5.92 Å². The first-order chi connectivity index (χ1) is 8.33. The van der Waals surface area contributed by atoms with E-state index in [1.165, 1.54) is 5.56 Å². The van der Waals surface area contributed by atoms with Crippen LogP contribution in [0.25, 0.3) is 0 Å². The molecule has 0 aliphatic carbocycles. The zero-order chi connectivity index (χ0) is 11.7. The molecule has 3 rings (SSSR count). The van der Waals surface area contributed by atoms with Gasteiger partial charge in [-0.05, 0) is 30.3 Å². The second-order valence-corrected chi connectivity index (χ2v) is 4.20. The fraction of sp³-hybridized carbons (Fsp3) is 0.214. The van der Waals surface area contributed by atoms with Crippen LogP contribution in [0.3, 0.4) is 0 Å². The van der Waals surface area contributed by atoms with Crippen LogP contribution in [0, 0.1) is 0 Å². The summed E-state index contributed by atoms with van der Waals surface area (Å²) >= 11 is 0. The molecule has 0 fully saturated rings. The number of aromatic nitrogens is 1. The SMILES string of the molecule is C[C@@H]1COc2ccc(Oc3ccncc3)cc21. The highest BCUT2D eigenvalue weighted by molar-refractivity contribution is 5.45. The zero-order valence-electron chi connectivity index (χ0n) is 9.59. The Morgan fingerprint density at radius 2 is 2.00 bits per heavy atom. The van der Waals surface area contributed by atoms with Crippen LogP contribution < -0.4 is 9.47 Å². The van der Waals surface area contributed by atoms with Gasteiger partial charge in [-0.3, -0.25) is 4.98 Å². The Morgan fingerprint density at radius 3 is 2.82 bits per heavy atom. The molecule has 1 atom stereocenters. The van der Waals surface area contributed by atoms with E-state index in [1.807, 2.05) is 30.3 Å². The molecular weight excluding hydrogens is 214 g/mol. The molecule has 3 heteroatoms. The van der Waals surface area contributed by atoms with Crippen molar-refractivity contribution < 1.29 is 9.47 Å². The van der Waals surface area contributed by atoms with Gasteiger partial charge in [-0.15, -0.1) is 0 Å². The molecule has 86 valence electrons. The van der Waals surface area contributed by atoms with Crippen LogP contribution in [0.2, 0.25) is 0 Å². The molecular formula is C14H13NO2. The van der Waals surface area contributed by atoms with Gasteiger partial charge in [0.15, 0.2) is 0 Å². The van der Waals surface area contributed by atoms with Gasteiger partial charge in [0, 0.05) is 23.9 Å². The molecule has 1 aromatic heterocycles. The maximum atomic E-state index is 5.76. The van der Waals surface area contributed by atoms with E-state index in [-0.39, 0.29) is 0 Å². The molecule has 2 aromatic rings. The highest BCUT2D eigenvalue weighted by Crippen LogP contribution is 2.36. The van der Waals surface area contributed by atoms with Crippen LogP contribution in [-0.4, -0.2) is 11.6 Å². The lowest BCUT2D eigenvalue weighted by Gasteiger charge is -2.07. The molecule has 17 heavy (non-hydrogen) atoms. The van der Waals surface area contributed by atoms with Gasteiger partial charge in [0.2, 0.25) is 0 Å². The smallest absolute Gasteiger partial charge is 0.130 e. The molecule has 0 spiro atoms. The summed E-state index contributed by atoms with van der Waals surface area (Å²) in [6.07, 6.45) is 3.43. The zero-order valence-corrected chi connectivity index (χ0v) is 9.59. The van der Waals surface area contributed by atoms with Crippen molar-refractivity contribution in [1.29, 1.82) is 0 Å². The van der Waals surface area contributed by atoms with Crippen molar-refractivity contribution in [2.45, 2.75) is 12.8 Å². The Bertz CT molecular complexity index is 525. The number of benzene rings is 1. The minimum absolute atomic E-state index is 0.436. The van der Waals surface area contributed by atoms with E-state index in [0.717, 1.165) is 23.9 Å². The van der Waals surface area contributed by atoms with Crippen molar-refractivity contribution in [3.05, 3.63) is 48.3 Å². The summed E-state index contributed by atoms with van der Waals surface area (Å²) in [5, 5.41) is 0. The average Bonchev–Trinajstić information content (AvgIpc) is 2.73. The van der Waals surface area contributed by atoms with Gasteiger partial charge in [0.25, 0.3) is 0 Å². The van der Waals surface area contributed by atoms with Gasteiger partial charge in [0.1, 0.15) is 17.2 Å². The molecule has 1 aliphatic rings. The third kappa shape index (κ3) is 1.96. The van der Waals surface area contributed by atoms with E-state index < -0.39 is 0 Å². The van der Waals surface area contributed by atoms with E-state index in [9.17, 15) is 0 Å². The van der Waals surface area contributed by atoms with Crippen LogP contribution in [0.15, 0.2) is 42.7 Å². The second-order valence-electron chi connectivity index (χ2n) is 4.20. The Labute approximate surface area is 100 Å². The average molecular weight is 227 g/mol. The number of hydrogen-bond acceptors (Lipinski definition) is 3. The number of nitrogens with zero attached hydrogens (tertiary/aromatic N) is 1. The standard InChI is InChI=1S/C14H13NO2/c1-10-9-16-14-3-2-12(8-13(10)14)17-11-4-6-15-7-5-11/h2-8,10H,9H2,1H3/t10-/m1/s1. The van der Waals surface area contributed by atoms with Crippen molar-refractivity contribution in [1.82, 2.24) is 4.98 Å². The van der Waals surface area contributed by atoms with Gasteiger partial charge >= 0.3 is 0 Å². The van der Waals surface area contributed by atoms with Crippen LogP contribution in [0.5, 0.6) is 17.2 Å². The lowest BCUT2D eigenvalue weighted by molar-refractivity contribution is 0.337. The molecule has 0 radical (unpaired) electrons. The summed E-state index contributed by atoms with van der Waals surface area (Å²) in [5.41, 5.74) is 1.22. The second kappa shape index (κ2) is 4.09. The van der Waals surface area contributed by atoms with Gasteiger partial charge in [-0.25, -0.2) is 0 Å². The Balaban J connectivity index is 1.88. The largest absolute Gasteiger partial charge is 0.493 e. The molecule has 1 aromatic carbocycles. The molecule has 0 amide bonds. The lowest BCUT2D eigenvalue weighted by Crippen LogP contribution is -1.93. The van der Waals surface area contributed by atoms with Gasteiger partial charge in [0.05, 0.1) is 6.61 Å². The van der Waals surface area contributed by atoms with Crippen molar-refractivity contribution in [2.24, 2.45) is 0 Å². The van der Waals surface area contributed by atoms with Gasteiger partial charge in [-0.2, -0.15) is 0 Å². The van der Waals surface area contributed by atoms with Crippen LogP contribution in [-0.2, 0) is 0 Å². The highest BCUT2D eigenvalue weighted by Gasteiger charge is 2.20. The van der Waals surface area contributed by atoms with Crippen molar-refractivity contribution in [3.63, 3.8) is 0 Å². The summed E-state index contributed by atoms with van der Waals surface area (Å²) in [7, 11) is 0. The number of rotatable bonds is 2. The fourth-order valence-corrected chi connectivity index (χ4v) is 1.95. The maximum Gasteiger partial charge on any atom is 0.130 e. The summed E-state index contributed by atoms with van der Waals surface area (Å²) in [5.74, 6) is 3.05. The first kappa shape index (κ1) is 10.1. The first-order valence-corrected chi connectivity index (χ1v) is 5.67. The van der Waals surface area contributed by atoms with Crippen LogP contribution in [0.4, 0.5) is 0 Å². The Hall–Kier alpha value is -2.03. The van der Waals surface area contributed by atoms with E-state index >= 15 is 0 Å². The van der Waals surface area contributed by atoms with Crippen LogP contribution >= 0.6 is 0 Å². The summed E-state index contributed by atoms with van der Waals surface area (Å²) in [4.78, 5) is 3.96. The summed E-state index contributed by atoms with van der Waals surface area (Å²) < 4.78 is 11.3. The van der Waals surface area contributed by atoms with E-state index in [2.05, 4.69) is 11.9 Å². The van der Waals surface area contributed by atoms with E-state index in [1.54, 1.807) is 12.4 Å². The number of pyridine rings is 1. The van der Waals surface area contributed by atoms with Crippen LogP contribution in [0.1, 0.15) is 18.4 Å². The maximum absolute atomic E-state index is 5.76. The Kier molecular flexibility index (Phi) is 2.44. The molecule has 0 saturated carbocycles.